The summed E-state index contributed by atoms with van der Waals surface area (Å²) in [5, 5.41) is 15.4. The van der Waals surface area contributed by atoms with Crippen LogP contribution in [0, 0.1) is 10.1 Å². The lowest BCUT2D eigenvalue weighted by atomic mass is 10.2. The molecule has 0 saturated carbocycles. The lowest BCUT2D eigenvalue weighted by Crippen LogP contribution is -2.16. The Kier molecular flexibility index (Phi) is 4.11. The highest BCUT2D eigenvalue weighted by Gasteiger charge is 2.26. The molecule has 0 aliphatic rings. The number of nitro benzene ring substituents is 1. The topological polar surface area (TPSA) is 130 Å². The number of primary sulfonamides is 1. The van der Waals surface area contributed by atoms with Crippen LogP contribution in [0.3, 0.4) is 0 Å². The molecule has 1 aromatic rings. The number of aldehydes is 1. The first kappa shape index (κ1) is 14.9. The standard InChI is InChI=1S/C8H6F2N2O6S/c9-8(10)18-4-1-6(12(14)15)5(3-13)7(2-4)19(11,16)17/h1-3,8H,(H2,11,16,17). The number of alkyl halides is 2. The first-order chi connectivity index (χ1) is 8.66. The van der Waals surface area contributed by atoms with Crippen LogP contribution >= 0.6 is 0 Å². The number of hydrogen-bond donors (Lipinski definition) is 1. The molecule has 1 aromatic carbocycles. The zero-order valence-electron chi connectivity index (χ0n) is 8.95. The van der Waals surface area contributed by atoms with Gasteiger partial charge in [0.15, 0.2) is 6.29 Å². The van der Waals surface area contributed by atoms with E-state index in [1.807, 2.05) is 0 Å². The third-order valence-electron chi connectivity index (χ3n) is 1.94. The predicted molar refractivity (Wildman–Crippen MR) is 56.5 cm³/mol. The third kappa shape index (κ3) is 3.42. The van der Waals surface area contributed by atoms with Crippen molar-refractivity contribution in [3.63, 3.8) is 0 Å². The smallest absolute Gasteiger partial charge is 0.387 e. The Morgan fingerprint density at radius 2 is 2.00 bits per heavy atom. The van der Waals surface area contributed by atoms with Crippen LogP contribution in [0.1, 0.15) is 10.4 Å². The largest absolute Gasteiger partial charge is 0.435 e. The van der Waals surface area contributed by atoms with Crippen molar-refractivity contribution in [2.24, 2.45) is 5.14 Å². The second kappa shape index (κ2) is 5.24. The molecule has 0 bridgehead atoms. The van der Waals surface area contributed by atoms with Gasteiger partial charge in [0.2, 0.25) is 10.0 Å². The Balaban J connectivity index is 3.64. The maximum Gasteiger partial charge on any atom is 0.387 e. The average Bonchev–Trinajstić information content (AvgIpc) is 2.25. The fourth-order valence-corrected chi connectivity index (χ4v) is 2.00. The lowest BCUT2D eigenvalue weighted by molar-refractivity contribution is -0.385. The van der Waals surface area contributed by atoms with Gasteiger partial charge in [0.05, 0.1) is 11.0 Å². The number of halogens is 2. The van der Waals surface area contributed by atoms with Gasteiger partial charge < -0.3 is 4.74 Å². The number of hydrogen-bond acceptors (Lipinski definition) is 6. The molecule has 8 nitrogen and oxygen atoms in total. The van der Waals surface area contributed by atoms with Gasteiger partial charge in [-0.25, -0.2) is 13.6 Å². The average molecular weight is 296 g/mol. The van der Waals surface area contributed by atoms with E-state index in [1.54, 1.807) is 0 Å². The quantitative estimate of drug-likeness (QED) is 0.482. The molecular weight excluding hydrogens is 290 g/mol. The van der Waals surface area contributed by atoms with Crippen molar-refractivity contribution in [1.82, 2.24) is 0 Å². The van der Waals surface area contributed by atoms with Gasteiger partial charge in [0.25, 0.3) is 5.69 Å². The summed E-state index contributed by atoms with van der Waals surface area (Å²) in [4.78, 5) is 19.3. The summed E-state index contributed by atoms with van der Waals surface area (Å²) in [6.45, 7) is -3.32. The molecule has 0 radical (unpaired) electrons. The number of carbonyl (C=O) groups excluding carboxylic acids is 1. The van der Waals surface area contributed by atoms with Gasteiger partial charge in [-0.1, -0.05) is 0 Å². The van der Waals surface area contributed by atoms with Gasteiger partial charge in [0, 0.05) is 6.07 Å². The summed E-state index contributed by atoms with van der Waals surface area (Å²) < 4.78 is 50.3. The van der Waals surface area contributed by atoms with Crippen molar-refractivity contribution in [2.45, 2.75) is 11.5 Å². The van der Waals surface area contributed by atoms with E-state index in [-0.39, 0.29) is 6.29 Å². The molecule has 0 aliphatic heterocycles. The molecule has 0 fully saturated rings. The second-order valence-corrected chi connectivity index (χ2v) is 4.68. The molecule has 0 aromatic heterocycles. The normalized spacial score (nSPS) is 11.4. The number of carbonyl (C=O) groups is 1. The van der Waals surface area contributed by atoms with Crippen LogP contribution in [-0.2, 0) is 10.0 Å². The molecule has 1 rings (SSSR count). The Bertz CT molecular complexity index is 630. The van der Waals surface area contributed by atoms with E-state index in [0.717, 1.165) is 0 Å². The van der Waals surface area contributed by atoms with Gasteiger partial charge in [-0.15, -0.1) is 0 Å². The molecule has 0 heterocycles. The summed E-state index contributed by atoms with van der Waals surface area (Å²) in [5.74, 6) is -0.795. The number of ether oxygens (including phenoxy) is 1. The maximum atomic E-state index is 12.0. The minimum atomic E-state index is -4.52. The highest BCUT2D eigenvalue weighted by molar-refractivity contribution is 7.89. The summed E-state index contributed by atoms with van der Waals surface area (Å²) in [5.41, 5.74) is -1.84. The van der Waals surface area contributed by atoms with Gasteiger partial charge in [-0.05, 0) is 0 Å². The van der Waals surface area contributed by atoms with E-state index in [1.165, 1.54) is 0 Å². The number of benzene rings is 1. The SMILES string of the molecule is NS(=O)(=O)c1cc(OC(F)F)cc([N+](=O)[O-])c1C=O. The molecule has 0 amide bonds. The number of sulfonamides is 1. The number of nitrogens with two attached hydrogens (primary N) is 1. The molecule has 0 spiro atoms. The Labute approximate surface area is 105 Å². The van der Waals surface area contributed by atoms with E-state index >= 15 is 0 Å². The molecule has 0 saturated heterocycles. The Hall–Kier alpha value is -2.14. The summed E-state index contributed by atoms with van der Waals surface area (Å²) >= 11 is 0. The third-order valence-corrected chi connectivity index (χ3v) is 2.89. The van der Waals surface area contributed by atoms with E-state index in [2.05, 4.69) is 4.74 Å². The molecule has 19 heavy (non-hydrogen) atoms. The first-order valence-corrected chi connectivity index (χ1v) is 5.96. The molecular formula is C8H6F2N2O6S. The van der Waals surface area contributed by atoms with Crippen LogP contribution in [0.4, 0.5) is 14.5 Å². The number of rotatable bonds is 5. The second-order valence-electron chi connectivity index (χ2n) is 3.15. The van der Waals surface area contributed by atoms with Crippen molar-refractivity contribution in [3.05, 3.63) is 27.8 Å². The van der Waals surface area contributed by atoms with Crippen molar-refractivity contribution >= 4 is 22.0 Å². The number of nitro groups is 1. The van der Waals surface area contributed by atoms with Crippen LogP contribution in [0.2, 0.25) is 0 Å². The Morgan fingerprint density at radius 3 is 2.37 bits per heavy atom. The summed E-state index contributed by atoms with van der Waals surface area (Å²) in [7, 11) is -4.52. The van der Waals surface area contributed by atoms with Crippen molar-refractivity contribution in [3.8, 4) is 5.75 Å². The highest BCUT2D eigenvalue weighted by Crippen LogP contribution is 2.30. The molecule has 0 atom stereocenters. The van der Waals surface area contributed by atoms with Crippen LogP contribution in [0.5, 0.6) is 5.75 Å². The lowest BCUT2D eigenvalue weighted by Gasteiger charge is -2.08. The monoisotopic (exact) mass is 296 g/mol. The van der Waals surface area contributed by atoms with E-state index in [9.17, 15) is 32.1 Å². The highest BCUT2D eigenvalue weighted by atomic mass is 32.2. The fraction of sp³-hybridized carbons (Fsp3) is 0.125. The molecule has 0 aliphatic carbocycles. The van der Waals surface area contributed by atoms with E-state index in [4.69, 9.17) is 5.14 Å². The first-order valence-electron chi connectivity index (χ1n) is 4.42. The molecule has 2 N–H and O–H groups in total. The van der Waals surface area contributed by atoms with Crippen LogP contribution < -0.4 is 9.88 Å². The summed E-state index contributed by atoms with van der Waals surface area (Å²) in [6.07, 6.45) is -0.107. The van der Waals surface area contributed by atoms with E-state index < -0.39 is 43.5 Å². The summed E-state index contributed by atoms with van der Waals surface area (Å²) in [6, 6.07) is 1.02. The Morgan fingerprint density at radius 1 is 1.42 bits per heavy atom. The molecule has 11 heteroatoms. The van der Waals surface area contributed by atoms with Gasteiger partial charge in [-0.2, -0.15) is 8.78 Å². The molecule has 0 unspecified atom stereocenters. The van der Waals surface area contributed by atoms with Crippen LogP contribution in [-0.4, -0.2) is 26.2 Å². The zero-order valence-corrected chi connectivity index (χ0v) is 9.76. The van der Waals surface area contributed by atoms with Crippen molar-refractivity contribution in [1.29, 1.82) is 0 Å². The number of nitrogens with zero attached hydrogens (tertiary/aromatic N) is 1. The minimum Gasteiger partial charge on any atom is -0.435 e. The maximum absolute atomic E-state index is 12.0. The van der Waals surface area contributed by atoms with Gasteiger partial charge in [-0.3, -0.25) is 14.9 Å². The van der Waals surface area contributed by atoms with Gasteiger partial charge >= 0.3 is 6.61 Å². The van der Waals surface area contributed by atoms with Crippen molar-refractivity contribution in [2.75, 3.05) is 0 Å². The van der Waals surface area contributed by atoms with Crippen LogP contribution in [0.25, 0.3) is 0 Å². The predicted octanol–water partition coefficient (Wildman–Crippen LogP) is 0.656. The van der Waals surface area contributed by atoms with Gasteiger partial charge in [0.1, 0.15) is 16.2 Å². The minimum absolute atomic E-state index is 0.107. The van der Waals surface area contributed by atoms with E-state index in [0.29, 0.717) is 12.1 Å². The molecule has 104 valence electrons. The fourth-order valence-electron chi connectivity index (χ4n) is 1.26. The van der Waals surface area contributed by atoms with Crippen LogP contribution in [0.15, 0.2) is 17.0 Å². The van der Waals surface area contributed by atoms with Crippen molar-refractivity contribution < 1.29 is 31.7 Å². The zero-order chi connectivity index (χ0) is 14.8.